The van der Waals surface area contributed by atoms with Gasteiger partial charge in [-0.3, -0.25) is 4.90 Å². The van der Waals surface area contributed by atoms with Crippen molar-refractivity contribution in [3.63, 3.8) is 0 Å². The minimum Gasteiger partial charge on any atom is -0.313 e. The standard InChI is InChI=1S/C14H30N2/c1-5-8-13(15-10-6-2)12-16-11-7-9-14(16,3)4/h13,15H,5-12H2,1-4H3. The van der Waals surface area contributed by atoms with Gasteiger partial charge in [0.05, 0.1) is 0 Å². The van der Waals surface area contributed by atoms with Gasteiger partial charge in [-0.15, -0.1) is 0 Å². The monoisotopic (exact) mass is 226 g/mol. The first-order chi connectivity index (χ1) is 7.60. The molecule has 0 aromatic heterocycles. The van der Waals surface area contributed by atoms with Crippen molar-refractivity contribution in [2.24, 2.45) is 0 Å². The van der Waals surface area contributed by atoms with Crippen LogP contribution in [0.25, 0.3) is 0 Å². The molecule has 1 N–H and O–H groups in total. The first-order valence-electron chi connectivity index (χ1n) is 7.08. The molecule has 0 saturated carbocycles. The van der Waals surface area contributed by atoms with E-state index in [9.17, 15) is 0 Å². The Morgan fingerprint density at radius 3 is 2.50 bits per heavy atom. The largest absolute Gasteiger partial charge is 0.313 e. The molecule has 0 aromatic rings. The summed E-state index contributed by atoms with van der Waals surface area (Å²) in [7, 11) is 0. The second-order valence-electron chi connectivity index (χ2n) is 5.80. The molecule has 2 heteroatoms. The Morgan fingerprint density at radius 1 is 1.25 bits per heavy atom. The van der Waals surface area contributed by atoms with Gasteiger partial charge in [0.25, 0.3) is 0 Å². The van der Waals surface area contributed by atoms with Crippen molar-refractivity contribution in [1.29, 1.82) is 0 Å². The van der Waals surface area contributed by atoms with E-state index >= 15 is 0 Å². The maximum absolute atomic E-state index is 3.69. The van der Waals surface area contributed by atoms with Crippen molar-refractivity contribution < 1.29 is 0 Å². The predicted molar refractivity (Wildman–Crippen MR) is 71.9 cm³/mol. The molecule has 1 aliphatic rings. The van der Waals surface area contributed by atoms with E-state index in [1.54, 1.807) is 0 Å². The summed E-state index contributed by atoms with van der Waals surface area (Å²) in [5.74, 6) is 0. The topological polar surface area (TPSA) is 15.3 Å². The minimum atomic E-state index is 0.430. The zero-order valence-corrected chi connectivity index (χ0v) is 11.7. The number of likely N-dealkylation sites (tertiary alicyclic amines) is 1. The fourth-order valence-corrected chi connectivity index (χ4v) is 2.72. The molecule has 1 unspecified atom stereocenters. The quantitative estimate of drug-likeness (QED) is 0.718. The van der Waals surface area contributed by atoms with Crippen LogP contribution >= 0.6 is 0 Å². The van der Waals surface area contributed by atoms with Crippen molar-refractivity contribution in [3.8, 4) is 0 Å². The van der Waals surface area contributed by atoms with Gasteiger partial charge in [0.2, 0.25) is 0 Å². The van der Waals surface area contributed by atoms with Crippen LogP contribution in [0, 0.1) is 0 Å². The highest BCUT2D eigenvalue weighted by Gasteiger charge is 2.32. The molecule has 1 saturated heterocycles. The van der Waals surface area contributed by atoms with Crippen molar-refractivity contribution in [2.75, 3.05) is 19.6 Å². The van der Waals surface area contributed by atoms with Crippen molar-refractivity contribution in [1.82, 2.24) is 10.2 Å². The minimum absolute atomic E-state index is 0.430. The van der Waals surface area contributed by atoms with Crippen LogP contribution in [-0.4, -0.2) is 36.1 Å². The van der Waals surface area contributed by atoms with E-state index in [4.69, 9.17) is 0 Å². The Kier molecular flexibility index (Phi) is 5.77. The first kappa shape index (κ1) is 14.0. The summed E-state index contributed by atoms with van der Waals surface area (Å²) in [5.41, 5.74) is 0.430. The maximum atomic E-state index is 3.69. The van der Waals surface area contributed by atoms with Gasteiger partial charge in [0, 0.05) is 18.1 Å². The smallest absolute Gasteiger partial charge is 0.0195 e. The van der Waals surface area contributed by atoms with Gasteiger partial charge in [0.1, 0.15) is 0 Å². The third-order valence-corrected chi connectivity index (χ3v) is 3.83. The average molecular weight is 226 g/mol. The molecule has 0 radical (unpaired) electrons. The molecule has 1 fully saturated rings. The summed E-state index contributed by atoms with van der Waals surface area (Å²) in [6.07, 6.45) is 6.57. The average Bonchev–Trinajstić information content (AvgIpc) is 2.55. The van der Waals surface area contributed by atoms with Crippen molar-refractivity contribution >= 4 is 0 Å². The van der Waals surface area contributed by atoms with E-state index in [-0.39, 0.29) is 0 Å². The van der Waals surface area contributed by atoms with Crippen LogP contribution in [0.3, 0.4) is 0 Å². The molecular formula is C14H30N2. The van der Waals surface area contributed by atoms with Gasteiger partial charge in [-0.1, -0.05) is 20.3 Å². The lowest BCUT2D eigenvalue weighted by Gasteiger charge is -2.35. The molecule has 0 spiro atoms. The fourth-order valence-electron chi connectivity index (χ4n) is 2.72. The van der Waals surface area contributed by atoms with E-state index in [0.29, 0.717) is 11.6 Å². The number of hydrogen-bond acceptors (Lipinski definition) is 2. The molecule has 0 bridgehead atoms. The molecular weight excluding hydrogens is 196 g/mol. The zero-order valence-electron chi connectivity index (χ0n) is 11.7. The van der Waals surface area contributed by atoms with E-state index < -0.39 is 0 Å². The van der Waals surface area contributed by atoms with Gasteiger partial charge in [-0.25, -0.2) is 0 Å². The highest BCUT2D eigenvalue weighted by atomic mass is 15.2. The Morgan fingerprint density at radius 2 is 2.00 bits per heavy atom. The lowest BCUT2D eigenvalue weighted by Crippen LogP contribution is -2.47. The summed E-state index contributed by atoms with van der Waals surface area (Å²) in [5, 5.41) is 3.69. The normalized spacial score (nSPS) is 22.5. The van der Waals surface area contributed by atoms with E-state index in [0.717, 1.165) is 0 Å². The third kappa shape index (κ3) is 4.06. The molecule has 0 amide bonds. The van der Waals surface area contributed by atoms with Gasteiger partial charge >= 0.3 is 0 Å². The molecule has 1 aliphatic heterocycles. The Balaban J connectivity index is 2.40. The first-order valence-corrected chi connectivity index (χ1v) is 7.08. The fraction of sp³-hybridized carbons (Fsp3) is 1.00. The number of nitrogens with zero attached hydrogens (tertiary/aromatic N) is 1. The van der Waals surface area contributed by atoms with Gasteiger partial charge in [-0.2, -0.15) is 0 Å². The lowest BCUT2D eigenvalue weighted by atomic mass is 10.0. The number of hydrogen-bond donors (Lipinski definition) is 1. The van der Waals surface area contributed by atoms with E-state index in [1.165, 1.54) is 51.7 Å². The second kappa shape index (κ2) is 6.61. The molecule has 0 aromatic carbocycles. The molecule has 1 atom stereocenters. The third-order valence-electron chi connectivity index (χ3n) is 3.83. The summed E-state index contributed by atoms with van der Waals surface area (Å²) < 4.78 is 0. The number of nitrogens with one attached hydrogen (secondary N) is 1. The summed E-state index contributed by atoms with van der Waals surface area (Å²) in [4.78, 5) is 2.68. The molecule has 1 heterocycles. The highest BCUT2D eigenvalue weighted by Crippen LogP contribution is 2.28. The molecule has 1 rings (SSSR count). The molecule has 0 aliphatic carbocycles. The lowest BCUT2D eigenvalue weighted by molar-refractivity contribution is 0.153. The molecule has 16 heavy (non-hydrogen) atoms. The zero-order chi connectivity index (χ0) is 12.0. The van der Waals surface area contributed by atoms with E-state index in [1.807, 2.05) is 0 Å². The molecule has 2 nitrogen and oxygen atoms in total. The van der Waals surface area contributed by atoms with Crippen LogP contribution in [0.4, 0.5) is 0 Å². The SMILES string of the molecule is CCCNC(CCC)CN1CCCC1(C)C. The summed E-state index contributed by atoms with van der Waals surface area (Å²) >= 11 is 0. The van der Waals surface area contributed by atoms with Gasteiger partial charge < -0.3 is 5.32 Å². The van der Waals surface area contributed by atoms with Crippen molar-refractivity contribution in [2.45, 2.75) is 71.4 Å². The van der Waals surface area contributed by atoms with E-state index in [2.05, 4.69) is 37.9 Å². The number of rotatable bonds is 7. The Labute approximate surface area is 102 Å². The Bertz CT molecular complexity index is 189. The predicted octanol–water partition coefficient (Wildman–Crippen LogP) is 3.03. The van der Waals surface area contributed by atoms with Crippen LogP contribution in [0.1, 0.15) is 59.8 Å². The summed E-state index contributed by atoms with van der Waals surface area (Å²) in [6, 6.07) is 0.697. The van der Waals surface area contributed by atoms with Crippen LogP contribution < -0.4 is 5.32 Å². The van der Waals surface area contributed by atoms with Crippen molar-refractivity contribution in [3.05, 3.63) is 0 Å². The van der Waals surface area contributed by atoms with Crippen LogP contribution in [0.5, 0.6) is 0 Å². The highest BCUT2D eigenvalue weighted by molar-refractivity contribution is 4.89. The molecule has 96 valence electrons. The van der Waals surface area contributed by atoms with Crippen LogP contribution in [-0.2, 0) is 0 Å². The maximum Gasteiger partial charge on any atom is 0.0195 e. The van der Waals surface area contributed by atoms with Gasteiger partial charge in [0.15, 0.2) is 0 Å². The van der Waals surface area contributed by atoms with Gasteiger partial charge in [-0.05, 0) is 52.6 Å². The Hall–Kier alpha value is -0.0800. The van der Waals surface area contributed by atoms with Crippen LogP contribution in [0.15, 0.2) is 0 Å². The van der Waals surface area contributed by atoms with Crippen LogP contribution in [0.2, 0.25) is 0 Å². The summed E-state index contributed by atoms with van der Waals surface area (Å²) in [6.45, 7) is 13.0. The second-order valence-corrected chi connectivity index (χ2v) is 5.80.